The lowest BCUT2D eigenvalue weighted by molar-refractivity contribution is 0.0584. The minimum Gasteiger partial charge on any atom is -0.493 e. The highest BCUT2D eigenvalue weighted by atomic mass is 16.5. The Hall–Kier alpha value is -4.90. The van der Waals surface area contributed by atoms with Crippen LogP contribution in [0.4, 0.5) is 5.69 Å². The third-order valence-electron chi connectivity index (χ3n) is 7.94. The Kier molecular flexibility index (Phi) is 7.49. The number of benzene rings is 2. The molecule has 1 saturated heterocycles. The highest BCUT2D eigenvalue weighted by Gasteiger charge is 2.29. The van der Waals surface area contributed by atoms with Gasteiger partial charge in [-0.1, -0.05) is 18.2 Å². The number of anilines is 1. The lowest BCUT2D eigenvalue weighted by Gasteiger charge is -2.28. The maximum absolute atomic E-state index is 13.3. The number of carbonyl (C=O) groups is 2. The van der Waals surface area contributed by atoms with Gasteiger partial charge in [0.2, 0.25) is 5.75 Å². The molecule has 6 rings (SSSR count). The van der Waals surface area contributed by atoms with E-state index >= 15 is 0 Å². The van der Waals surface area contributed by atoms with Crippen LogP contribution in [0.25, 0.3) is 27.3 Å². The van der Waals surface area contributed by atoms with E-state index in [4.69, 9.17) is 28.4 Å². The molecule has 0 saturated carbocycles. The summed E-state index contributed by atoms with van der Waals surface area (Å²) in [6.07, 6.45) is 0. The first-order valence-corrected chi connectivity index (χ1v) is 13.8. The fraction of sp³-hybridized carbons (Fsp3) is 0.312. The van der Waals surface area contributed by atoms with Crippen molar-refractivity contribution in [1.82, 2.24) is 8.97 Å². The van der Waals surface area contributed by atoms with Crippen LogP contribution in [0.1, 0.15) is 26.5 Å². The molecule has 4 heterocycles. The molecule has 0 N–H and O–H groups in total. The normalized spacial score (nSPS) is 13.5. The molecule has 11 nitrogen and oxygen atoms in total. The summed E-state index contributed by atoms with van der Waals surface area (Å²) in [5.74, 6) is 0.458. The molecule has 3 aromatic heterocycles. The number of para-hydroxylation sites is 1. The molecular formula is C32H33N3O8. The fourth-order valence-corrected chi connectivity index (χ4v) is 6.04. The molecule has 0 bridgehead atoms. The van der Waals surface area contributed by atoms with Crippen LogP contribution in [0.5, 0.6) is 17.2 Å². The van der Waals surface area contributed by atoms with E-state index in [2.05, 4.69) is 9.47 Å². The molecule has 11 heteroatoms. The van der Waals surface area contributed by atoms with E-state index in [1.807, 2.05) is 36.4 Å². The van der Waals surface area contributed by atoms with Gasteiger partial charge in [0, 0.05) is 35.9 Å². The number of hydrogen-bond acceptors (Lipinski definition) is 9. The van der Waals surface area contributed by atoms with Crippen molar-refractivity contribution in [2.75, 3.05) is 66.8 Å². The lowest BCUT2D eigenvalue weighted by atomic mass is 10.1. The summed E-state index contributed by atoms with van der Waals surface area (Å²) in [5, 5.41) is 1.80. The summed E-state index contributed by atoms with van der Waals surface area (Å²) >= 11 is 0. The van der Waals surface area contributed by atoms with Gasteiger partial charge in [0.1, 0.15) is 11.4 Å². The van der Waals surface area contributed by atoms with Gasteiger partial charge in [-0.25, -0.2) is 9.59 Å². The number of pyridine rings is 1. The summed E-state index contributed by atoms with van der Waals surface area (Å²) in [4.78, 5) is 28.6. The number of carbonyl (C=O) groups excluding carboxylic acids is 2. The third kappa shape index (κ3) is 4.56. The highest BCUT2D eigenvalue weighted by Crippen LogP contribution is 2.42. The molecule has 1 aliphatic rings. The maximum atomic E-state index is 13.3. The van der Waals surface area contributed by atoms with Gasteiger partial charge >= 0.3 is 11.9 Å². The van der Waals surface area contributed by atoms with Crippen LogP contribution in [0.3, 0.4) is 0 Å². The van der Waals surface area contributed by atoms with Crippen molar-refractivity contribution in [2.24, 2.45) is 0 Å². The largest absolute Gasteiger partial charge is 0.493 e. The maximum Gasteiger partial charge on any atom is 0.355 e. The summed E-state index contributed by atoms with van der Waals surface area (Å²) < 4.78 is 36.7. The molecule has 224 valence electrons. The van der Waals surface area contributed by atoms with Gasteiger partial charge in [0.25, 0.3) is 0 Å². The van der Waals surface area contributed by atoms with Crippen molar-refractivity contribution in [3.05, 3.63) is 65.5 Å². The second-order valence-electron chi connectivity index (χ2n) is 10.1. The molecule has 0 unspecified atom stereocenters. The predicted molar refractivity (Wildman–Crippen MR) is 161 cm³/mol. The summed E-state index contributed by atoms with van der Waals surface area (Å²) in [7, 11) is 7.40. The number of nitrogens with zero attached hydrogens (tertiary/aromatic N) is 3. The zero-order valence-electron chi connectivity index (χ0n) is 24.8. The first kappa shape index (κ1) is 28.2. The van der Waals surface area contributed by atoms with Crippen LogP contribution in [-0.4, -0.2) is 82.8 Å². The molecule has 0 atom stereocenters. The van der Waals surface area contributed by atoms with Crippen molar-refractivity contribution < 1.29 is 38.0 Å². The number of aromatic nitrogens is 2. The van der Waals surface area contributed by atoms with Gasteiger partial charge < -0.3 is 37.9 Å². The van der Waals surface area contributed by atoms with Crippen molar-refractivity contribution in [2.45, 2.75) is 6.54 Å². The highest BCUT2D eigenvalue weighted by molar-refractivity contribution is 6.18. The Bertz CT molecular complexity index is 1840. The smallest absolute Gasteiger partial charge is 0.355 e. The van der Waals surface area contributed by atoms with Crippen LogP contribution in [0.2, 0.25) is 0 Å². The third-order valence-corrected chi connectivity index (χ3v) is 7.94. The Morgan fingerprint density at radius 2 is 1.40 bits per heavy atom. The van der Waals surface area contributed by atoms with Gasteiger partial charge in [0.15, 0.2) is 11.5 Å². The van der Waals surface area contributed by atoms with Crippen molar-refractivity contribution in [1.29, 1.82) is 0 Å². The first-order valence-electron chi connectivity index (χ1n) is 13.8. The van der Waals surface area contributed by atoms with Crippen LogP contribution in [0.15, 0.2) is 48.5 Å². The fourth-order valence-electron chi connectivity index (χ4n) is 6.04. The Morgan fingerprint density at radius 3 is 2.00 bits per heavy atom. The number of hydrogen-bond donors (Lipinski definition) is 0. The predicted octanol–water partition coefficient (Wildman–Crippen LogP) is 4.53. The number of esters is 2. The van der Waals surface area contributed by atoms with Crippen LogP contribution in [-0.2, 0) is 20.8 Å². The average molecular weight is 588 g/mol. The van der Waals surface area contributed by atoms with E-state index < -0.39 is 11.9 Å². The number of methoxy groups -OCH3 is 5. The van der Waals surface area contributed by atoms with Gasteiger partial charge in [0.05, 0.1) is 65.5 Å². The van der Waals surface area contributed by atoms with Crippen LogP contribution in [0, 0.1) is 0 Å². The van der Waals surface area contributed by atoms with Gasteiger partial charge in [-0.2, -0.15) is 0 Å². The van der Waals surface area contributed by atoms with Crippen LogP contribution >= 0.6 is 0 Å². The van der Waals surface area contributed by atoms with E-state index in [0.29, 0.717) is 55.6 Å². The minimum absolute atomic E-state index is 0.223. The SMILES string of the molecule is COC(=O)c1cc(N2CCOCC2)c2c3c(cc(C(=O)OC)n12)c1ccccc1n3Cc1cc(OC)c(OC)c(OC)c1. The second-order valence-corrected chi connectivity index (χ2v) is 10.1. The summed E-state index contributed by atoms with van der Waals surface area (Å²) in [6.45, 7) is 2.75. The molecule has 2 aromatic carbocycles. The van der Waals surface area contributed by atoms with Crippen LogP contribution < -0.4 is 19.1 Å². The van der Waals surface area contributed by atoms with Gasteiger partial charge in [-0.3, -0.25) is 4.40 Å². The van der Waals surface area contributed by atoms with E-state index in [-0.39, 0.29) is 11.4 Å². The first-order chi connectivity index (χ1) is 20.9. The average Bonchev–Trinajstić information content (AvgIpc) is 3.60. The quantitative estimate of drug-likeness (QED) is 0.242. The standard InChI is InChI=1S/C32H33N3O8/c1-38-26-14-19(15-27(39-2)30(26)40-3)18-34-22-9-7-6-8-20(22)21-16-24(31(36)41-4)35-25(32(37)42-5)17-23(29(35)28(21)34)33-10-12-43-13-11-33/h6-9,14-17H,10-13,18H2,1-5H3. The van der Waals surface area contributed by atoms with E-state index in [1.54, 1.807) is 37.9 Å². The van der Waals surface area contributed by atoms with Crippen molar-refractivity contribution in [3.63, 3.8) is 0 Å². The second kappa shape index (κ2) is 11.4. The molecule has 0 radical (unpaired) electrons. The Labute approximate surface area is 248 Å². The van der Waals surface area contributed by atoms with E-state index in [0.717, 1.165) is 33.1 Å². The molecule has 0 amide bonds. The van der Waals surface area contributed by atoms with Crippen molar-refractivity contribution in [3.8, 4) is 17.2 Å². The zero-order chi connectivity index (χ0) is 30.2. The molecule has 0 spiro atoms. The molecule has 1 fully saturated rings. The molecule has 1 aliphatic heterocycles. The molecular weight excluding hydrogens is 554 g/mol. The van der Waals surface area contributed by atoms with Gasteiger partial charge in [-0.15, -0.1) is 0 Å². The number of ether oxygens (including phenoxy) is 6. The Balaban J connectivity index is 1.74. The molecule has 0 aliphatic carbocycles. The molecule has 43 heavy (non-hydrogen) atoms. The zero-order valence-corrected chi connectivity index (χ0v) is 24.8. The van der Waals surface area contributed by atoms with E-state index in [9.17, 15) is 9.59 Å². The number of morpholine rings is 1. The number of rotatable bonds is 8. The minimum atomic E-state index is -0.567. The number of fused-ring (bicyclic) bond motifs is 5. The van der Waals surface area contributed by atoms with E-state index in [1.165, 1.54) is 14.2 Å². The van der Waals surface area contributed by atoms with Gasteiger partial charge in [-0.05, 0) is 35.9 Å². The Morgan fingerprint density at radius 1 is 0.767 bits per heavy atom. The lowest BCUT2D eigenvalue weighted by Crippen LogP contribution is -2.36. The monoisotopic (exact) mass is 587 g/mol. The molecule has 5 aromatic rings. The topological polar surface area (TPSA) is 102 Å². The summed E-state index contributed by atoms with van der Waals surface area (Å²) in [6, 6.07) is 15.4. The van der Waals surface area contributed by atoms with Crippen molar-refractivity contribution >= 4 is 44.9 Å². The summed E-state index contributed by atoms with van der Waals surface area (Å²) in [5.41, 5.74) is 4.65.